The van der Waals surface area contributed by atoms with Gasteiger partial charge >= 0.3 is 5.97 Å². The Morgan fingerprint density at radius 1 is 1.19 bits per heavy atom. The van der Waals surface area contributed by atoms with E-state index in [4.69, 9.17) is 10.8 Å². The van der Waals surface area contributed by atoms with Gasteiger partial charge in [-0.05, 0) is 36.1 Å². The summed E-state index contributed by atoms with van der Waals surface area (Å²) < 4.78 is 0. The van der Waals surface area contributed by atoms with Gasteiger partial charge in [0, 0.05) is 13.1 Å². The summed E-state index contributed by atoms with van der Waals surface area (Å²) in [5.74, 6) is -0.474. The number of rotatable bonds is 2. The van der Waals surface area contributed by atoms with Gasteiger partial charge in [-0.15, -0.1) is 0 Å². The molecule has 1 aromatic heterocycles. The molecule has 2 aromatic rings. The monoisotopic (exact) mass is 283 g/mol. The molecule has 21 heavy (non-hydrogen) atoms. The average Bonchev–Trinajstić information content (AvgIpc) is 2.69. The first kappa shape index (κ1) is 13.4. The van der Waals surface area contributed by atoms with Crippen molar-refractivity contribution in [3.05, 3.63) is 53.2 Å². The molecule has 3 N–H and O–H groups in total. The fourth-order valence-electron chi connectivity index (χ4n) is 2.71. The highest BCUT2D eigenvalue weighted by Gasteiger charge is 2.19. The first-order valence-corrected chi connectivity index (χ1v) is 6.96. The summed E-state index contributed by atoms with van der Waals surface area (Å²) >= 11 is 0. The van der Waals surface area contributed by atoms with E-state index < -0.39 is 5.97 Å². The number of aromatic nitrogens is 1. The van der Waals surface area contributed by atoms with Crippen molar-refractivity contribution in [1.82, 2.24) is 4.98 Å². The second-order valence-electron chi connectivity index (χ2n) is 5.21. The van der Waals surface area contributed by atoms with Gasteiger partial charge in [-0.1, -0.05) is 24.3 Å². The van der Waals surface area contributed by atoms with Gasteiger partial charge in [-0.2, -0.15) is 0 Å². The van der Waals surface area contributed by atoms with Crippen molar-refractivity contribution in [2.24, 2.45) is 0 Å². The molecular weight excluding hydrogens is 266 g/mol. The molecule has 5 heteroatoms. The summed E-state index contributed by atoms with van der Waals surface area (Å²) in [7, 11) is 0. The second-order valence-corrected chi connectivity index (χ2v) is 5.21. The van der Waals surface area contributed by atoms with Gasteiger partial charge in [0.05, 0.1) is 5.69 Å². The number of nitrogens with zero attached hydrogens (tertiary/aromatic N) is 2. The Bertz CT molecular complexity index is 685. The minimum atomic E-state index is -1.04. The number of hydrogen-bond acceptors (Lipinski definition) is 4. The highest BCUT2D eigenvalue weighted by Crippen LogP contribution is 2.27. The molecule has 2 heterocycles. The Balaban J connectivity index is 1.97. The van der Waals surface area contributed by atoms with Crippen LogP contribution in [-0.4, -0.2) is 22.6 Å². The van der Waals surface area contributed by atoms with Gasteiger partial charge < -0.3 is 15.7 Å². The normalized spacial score (nSPS) is 14.4. The minimum Gasteiger partial charge on any atom is -0.477 e. The molecule has 0 atom stereocenters. The number of nitrogens with two attached hydrogens (primary N) is 1. The third kappa shape index (κ3) is 2.67. The molecule has 0 saturated carbocycles. The zero-order valence-corrected chi connectivity index (χ0v) is 11.6. The fraction of sp³-hybridized carbons (Fsp3) is 0.250. The molecule has 0 unspecified atom stereocenters. The number of nitrogen functional groups attached to an aromatic ring is 1. The van der Waals surface area contributed by atoms with Gasteiger partial charge in [-0.25, -0.2) is 9.78 Å². The summed E-state index contributed by atoms with van der Waals surface area (Å²) in [6.45, 7) is 1.52. The Morgan fingerprint density at radius 3 is 2.71 bits per heavy atom. The molecule has 0 aliphatic carbocycles. The maximum Gasteiger partial charge on any atom is 0.354 e. The lowest BCUT2D eigenvalue weighted by Gasteiger charge is -2.23. The SMILES string of the molecule is Nc1ccc(C(=O)O)nc1N1CCCc2ccccc2C1. The van der Waals surface area contributed by atoms with Gasteiger partial charge in [-0.3, -0.25) is 0 Å². The number of aryl methyl sites for hydroxylation is 1. The average molecular weight is 283 g/mol. The van der Waals surface area contributed by atoms with E-state index in [0.717, 1.165) is 19.4 Å². The predicted octanol–water partition coefficient (Wildman–Crippen LogP) is 2.31. The molecule has 0 fully saturated rings. The van der Waals surface area contributed by atoms with Crippen LogP contribution < -0.4 is 10.6 Å². The van der Waals surface area contributed by atoms with E-state index >= 15 is 0 Å². The molecule has 0 radical (unpaired) electrons. The number of benzene rings is 1. The molecule has 5 nitrogen and oxygen atoms in total. The molecule has 108 valence electrons. The van der Waals surface area contributed by atoms with Crippen LogP contribution in [0.4, 0.5) is 11.5 Å². The number of anilines is 2. The molecular formula is C16H17N3O2. The topological polar surface area (TPSA) is 79.5 Å². The van der Waals surface area contributed by atoms with Crippen LogP contribution >= 0.6 is 0 Å². The summed E-state index contributed by atoms with van der Waals surface area (Å²) in [5.41, 5.74) is 9.12. The van der Waals surface area contributed by atoms with Crippen molar-refractivity contribution in [2.45, 2.75) is 19.4 Å². The highest BCUT2D eigenvalue weighted by molar-refractivity contribution is 5.87. The lowest BCUT2D eigenvalue weighted by molar-refractivity contribution is 0.0690. The first-order valence-electron chi connectivity index (χ1n) is 6.96. The van der Waals surface area contributed by atoms with Crippen molar-refractivity contribution in [1.29, 1.82) is 0 Å². The van der Waals surface area contributed by atoms with Gasteiger partial charge in [0.2, 0.25) is 0 Å². The number of carbonyl (C=O) groups is 1. The highest BCUT2D eigenvalue weighted by atomic mass is 16.4. The zero-order valence-electron chi connectivity index (χ0n) is 11.6. The summed E-state index contributed by atoms with van der Waals surface area (Å²) in [6, 6.07) is 11.4. The number of aromatic carboxylic acids is 1. The van der Waals surface area contributed by atoms with E-state index in [1.807, 2.05) is 12.1 Å². The third-order valence-corrected chi connectivity index (χ3v) is 3.78. The maximum atomic E-state index is 11.1. The largest absolute Gasteiger partial charge is 0.477 e. The van der Waals surface area contributed by atoms with Crippen LogP contribution in [0.2, 0.25) is 0 Å². The van der Waals surface area contributed by atoms with Crippen molar-refractivity contribution in [2.75, 3.05) is 17.2 Å². The second kappa shape index (κ2) is 5.44. The number of carboxylic acid groups (broad SMARTS) is 1. The molecule has 0 spiro atoms. The van der Waals surface area contributed by atoms with Crippen LogP contribution in [0.3, 0.4) is 0 Å². The van der Waals surface area contributed by atoms with Gasteiger partial charge in [0.25, 0.3) is 0 Å². The molecule has 3 rings (SSSR count). The van der Waals surface area contributed by atoms with E-state index in [9.17, 15) is 4.79 Å². The van der Waals surface area contributed by atoms with Gasteiger partial charge in [0.1, 0.15) is 0 Å². The van der Waals surface area contributed by atoms with E-state index in [1.165, 1.54) is 17.2 Å². The number of pyridine rings is 1. The standard InChI is InChI=1S/C16H17N3O2/c17-13-7-8-14(16(20)21)18-15(13)19-9-3-6-11-4-1-2-5-12(11)10-19/h1-2,4-5,7-8H,3,6,9-10,17H2,(H,20,21). The van der Waals surface area contributed by atoms with Crippen LogP contribution in [0, 0.1) is 0 Å². The lowest BCUT2D eigenvalue weighted by atomic mass is 10.0. The Morgan fingerprint density at radius 2 is 1.95 bits per heavy atom. The van der Waals surface area contributed by atoms with Crippen LogP contribution in [-0.2, 0) is 13.0 Å². The predicted molar refractivity (Wildman–Crippen MR) is 81.4 cm³/mol. The van der Waals surface area contributed by atoms with Crippen LogP contribution in [0.5, 0.6) is 0 Å². The summed E-state index contributed by atoms with van der Waals surface area (Å²) in [5, 5.41) is 9.09. The molecule has 0 amide bonds. The van der Waals surface area contributed by atoms with Crippen molar-refractivity contribution >= 4 is 17.5 Å². The van der Waals surface area contributed by atoms with E-state index in [2.05, 4.69) is 22.0 Å². The van der Waals surface area contributed by atoms with Crippen molar-refractivity contribution < 1.29 is 9.90 Å². The quantitative estimate of drug-likeness (QED) is 0.884. The van der Waals surface area contributed by atoms with Crippen LogP contribution in [0.1, 0.15) is 28.0 Å². The van der Waals surface area contributed by atoms with E-state index in [1.54, 1.807) is 6.07 Å². The number of hydrogen-bond donors (Lipinski definition) is 2. The Kier molecular flexibility index (Phi) is 3.48. The Hall–Kier alpha value is -2.56. The van der Waals surface area contributed by atoms with Crippen molar-refractivity contribution in [3.63, 3.8) is 0 Å². The lowest BCUT2D eigenvalue weighted by Crippen LogP contribution is -2.25. The molecule has 1 aliphatic heterocycles. The van der Waals surface area contributed by atoms with E-state index in [0.29, 0.717) is 18.1 Å². The number of carboxylic acids is 1. The fourth-order valence-corrected chi connectivity index (χ4v) is 2.71. The summed E-state index contributed by atoms with van der Waals surface area (Å²) in [6.07, 6.45) is 2.01. The first-order chi connectivity index (χ1) is 10.1. The molecule has 0 bridgehead atoms. The molecule has 0 saturated heterocycles. The van der Waals surface area contributed by atoms with Crippen molar-refractivity contribution in [3.8, 4) is 0 Å². The minimum absolute atomic E-state index is 0.0248. The van der Waals surface area contributed by atoms with Crippen LogP contribution in [0.25, 0.3) is 0 Å². The zero-order chi connectivity index (χ0) is 14.8. The van der Waals surface area contributed by atoms with E-state index in [-0.39, 0.29) is 5.69 Å². The maximum absolute atomic E-state index is 11.1. The smallest absolute Gasteiger partial charge is 0.354 e. The Labute approximate surface area is 123 Å². The molecule has 1 aliphatic rings. The third-order valence-electron chi connectivity index (χ3n) is 3.78. The van der Waals surface area contributed by atoms with Gasteiger partial charge in [0.15, 0.2) is 11.5 Å². The molecule has 1 aromatic carbocycles. The number of fused-ring (bicyclic) bond motifs is 1. The summed E-state index contributed by atoms with van der Waals surface area (Å²) in [4.78, 5) is 17.4. The van der Waals surface area contributed by atoms with Crippen LogP contribution in [0.15, 0.2) is 36.4 Å².